The minimum atomic E-state index is 0.00143. The highest BCUT2D eigenvalue weighted by Gasteiger charge is 2.18. The van der Waals surface area contributed by atoms with E-state index < -0.39 is 0 Å². The van der Waals surface area contributed by atoms with Crippen molar-refractivity contribution in [1.82, 2.24) is 9.88 Å². The van der Waals surface area contributed by atoms with Crippen LogP contribution in [-0.2, 0) is 11.3 Å². The average molecular weight is 367 g/mol. The molecule has 2 aromatic rings. The van der Waals surface area contributed by atoms with Crippen LogP contribution in [0.15, 0.2) is 48.7 Å². The normalized spacial score (nSPS) is 15.6. The Kier molecular flexibility index (Phi) is 6.11. The van der Waals surface area contributed by atoms with Crippen molar-refractivity contribution >= 4 is 17.4 Å². The molecule has 0 unspecified atom stereocenters. The molecular weight excluding hydrogens is 336 g/mol. The number of hydrogen-bond donors (Lipinski definition) is 1. The smallest absolute Gasteiger partial charge is 0.224 e. The van der Waals surface area contributed by atoms with Gasteiger partial charge in [0.1, 0.15) is 5.82 Å². The molecule has 1 aromatic heterocycles. The lowest BCUT2D eigenvalue weighted by molar-refractivity contribution is -0.117. The molecule has 1 fully saturated rings. The van der Waals surface area contributed by atoms with Crippen LogP contribution < -0.4 is 10.2 Å². The Hall–Kier alpha value is -2.40. The average Bonchev–Trinajstić information content (AvgIpc) is 2.63. The summed E-state index contributed by atoms with van der Waals surface area (Å²) in [5.74, 6) is 1.13. The topological polar surface area (TPSA) is 48.5 Å². The molecule has 0 radical (unpaired) electrons. The summed E-state index contributed by atoms with van der Waals surface area (Å²) in [6.45, 7) is 11.2. The second-order valence-electron chi connectivity index (χ2n) is 8.43. The first kappa shape index (κ1) is 19.4. The van der Waals surface area contributed by atoms with Gasteiger partial charge in [-0.3, -0.25) is 9.69 Å². The van der Waals surface area contributed by atoms with Crippen molar-refractivity contribution in [3.8, 4) is 0 Å². The van der Waals surface area contributed by atoms with E-state index in [4.69, 9.17) is 0 Å². The quantitative estimate of drug-likeness (QED) is 0.875. The van der Waals surface area contributed by atoms with Crippen LogP contribution in [0.4, 0.5) is 11.5 Å². The highest BCUT2D eigenvalue weighted by atomic mass is 16.1. The lowest BCUT2D eigenvalue weighted by Gasteiger charge is -2.35. The molecular formula is C22H30N4O. The van der Waals surface area contributed by atoms with Crippen molar-refractivity contribution in [2.75, 3.05) is 36.4 Å². The summed E-state index contributed by atoms with van der Waals surface area (Å²) in [4.78, 5) is 21.3. The van der Waals surface area contributed by atoms with Gasteiger partial charge in [-0.15, -0.1) is 0 Å². The van der Waals surface area contributed by atoms with Crippen molar-refractivity contribution in [2.24, 2.45) is 5.41 Å². The van der Waals surface area contributed by atoms with Gasteiger partial charge in [0.2, 0.25) is 5.91 Å². The predicted octanol–water partition coefficient (Wildman–Crippen LogP) is 3.78. The maximum absolute atomic E-state index is 12.0. The van der Waals surface area contributed by atoms with Crippen molar-refractivity contribution in [3.63, 3.8) is 0 Å². The predicted molar refractivity (Wildman–Crippen MR) is 111 cm³/mol. The summed E-state index contributed by atoms with van der Waals surface area (Å²) in [5.41, 5.74) is 2.14. The Morgan fingerprint density at radius 1 is 1.04 bits per heavy atom. The van der Waals surface area contributed by atoms with E-state index in [-0.39, 0.29) is 11.3 Å². The molecule has 1 saturated heterocycles. The fraction of sp³-hybridized carbons (Fsp3) is 0.455. The van der Waals surface area contributed by atoms with Crippen molar-refractivity contribution in [1.29, 1.82) is 0 Å². The Labute approximate surface area is 162 Å². The van der Waals surface area contributed by atoms with Crippen molar-refractivity contribution < 1.29 is 4.79 Å². The molecule has 1 amide bonds. The van der Waals surface area contributed by atoms with Crippen LogP contribution in [0.1, 0.15) is 32.8 Å². The van der Waals surface area contributed by atoms with Gasteiger partial charge in [0.15, 0.2) is 0 Å². The van der Waals surface area contributed by atoms with Crippen LogP contribution in [0, 0.1) is 5.41 Å². The number of amides is 1. The maximum atomic E-state index is 12.0. The van der Waals surface area contributed by atoms with Gasteiger partial charge >= 0.3 is 0 Å². The van der Waals surface area contributed by atoms with Gasteiger partial charge in [-0.2, -0.15) is 0 Å². The van der Waals surface area contributed by atoms with E-state index >= 15 is 0 Å². The summed E-state index contributed by atoms with van der Waals surface area (Å²) in [5, 5.41) is 2.99. The summed E-state index contributed by atoms with van der Waals surface area (Å²) in [6.07, 6.45) is 2.37. The van der Waals surface area contributed by atoms with Crippen LogP contribution >= 0.6 is 0 Å². The number of aromatic nitrogens is 1. The Balaban J connectivity index is 1.47. The van der Waals surface area contributed by atoms with Crippen LogP contribution in [-0.4, -0.2) is 42.0 Å². The summed E-state index contributed by atoms with van der Waals surface area (Å²) < 4.78 is 0. The molecule has 5 nitrogen and oxygen atoms in total. The van der Waals surface area contributed by atoms with Gasteiger partial charge < -0.3 is 10.2 Å². The molecule has 0 saturated carbocycles. The zero-order valence-corrected chi connectivity index (χ0v) is 16.6. The maximum Gasteiger partial charge on any atom is 0.224 e. The van der Waals surface area contributed by atoms with E-state index in [1.54, 1.807) is 0 Å². The summed E-state index contributed by atoms with van der Waals surface area (Å²) in [6, 6.07) is 14.3. The van der Waals surface area contributed by atoms with E-state index in [1.165, 1.54) is 5.56 Å². The number of nitrogens with one attached hydrogen (secondary N) is 1. The zero-order valence-electron chi connectivity index (χ0n) is 16.6. The number of hydrogen-bond acceptors (Lipinski definition) is 4. The number of carbonyl (C=O) groups is 1. The third kappa shape index (κ3) is 6.07. The van der Waals surface area contributed by atoms with Crippen LogP contribution in [0.2, 0.25) is 0 Å². The number of pyridine rings is 1. The minimum absolute atomic E-state index is 0.00143. The standard InChI is InChI=1S/C22H30N4O/c1-22(2,3)16-21(27)24-19-9-7-18(8-10-19)17-25-12-14-26(15-13-25)20-6-4-5-11-23-20/h4-11H,12-17H2,1-3H3,(H,24,27). The number of anilines is 2. The number of benzene rings is 1. The second-order valence-corrected chi connectivity index (χ2v) is 8.43. The van der Waals surface area contributed by atoms with Gasteiger partial charge in [0, 0.05) is 51.0 Å². The monoisotopic (exact) mass is 366 g/mol. The van der Waals surface area contributed by atoms with Crippen LogP contribution in [0.25, 0.3) is 0 Å². The number of carbonyl (C=O) groups excluding carboxylic acids is 1. The summed E-state index contributed by atoms with van der Waals surface area (Å²) >= 11 is 0. The molecule has 1 N–H and O–H groups in total. The second kappa shape index (κ2) is 8.53. The van der Waals surface area contributed by atoms with Crippen LogP contribution in [0.3, 0.4) is 0 Å². The van der Waals surface area contributed by atoms with Crippen LogP contribution in [0.5, 0.6) is 0 Å². The Morgan fingerprint density at radius 2 is 1.74 bits per heavy atom. The Bertz CT molecular complexity index is 729. The molecule has 1 aliphatic rings. The largest absolute Gasteiger partial charge is 0.354 e. The lowest BCUT2D eigenvalue weighted by atomic mass is 9.92. The molecule has 0 spiro atoms. The first-order valence-electron chi connectivity index (χ1n) is 9.66. The SMILES string of the molecule is CC(C)(C)CC(=O)Nc1ccc(CN2CCN(c3ccccn3)CC2)cc1. The highest BCUT2D eigenvalue weighted by Crippen LogP contribution is 2.20. The third-order valence-electron chi connectivity index (χ3n) is 4.68. The first-order valence-corrected chi connectivity index (χ1v) is 9.66. The molecule has 5 heteroatoms. The Morgan fingerprint density at radius 3 is 2.33 bits per heavy atom. The molecule has 0 aliphatic carbocycles. The molecule has 0 bridgehead atoms. The number of rotatable bonds is 5. The van der Waals surface area contributed by atoms with E-state index in [9.17, 15) is 4.79 Å². The molecule has 1 aromatic carbocycles. The fourth-order valence-electron chi connectivity index (χ4n) is 3.31. The highest BCUT2D eigenvalue weighted by molar-refractivity contribution is 5.91. The first-order chi connectivity index (χ1) is 12.9. The van der Waals surface area contributed by atoms with Gasteiger partial charge in [0.25, 0.3) is 0 Å². The fourth-order valence-corrected chi connectivity index (χ4v) is 3.31. The van der Waals surface area contributed by atoms with E-state index in [2.05, 4.69) is 59.1 Å². The third-order valence-corrected chi connectivity index (χ3v) is 4.68. The van der Waals surface area contributed by atoms with Gasteiger partial charge in [-0.05, 0) is 35.2 Å². The van der Waals surface area contributed by atoms with Gasteiger partial charge in [0.05, 0.1) is 0 Å². The number of piperazine rings is 1. The lowest BCUT2D eigenvalue weighted by Crippen LogP contribution is -2.46. The molecule has 2 heterocycles. The molecule has 144 valence electrons. The molecule has 3 rings (SSSR count). The minimum Gasteiger partial charge on any atom is -0.354 e. The molecule has 0 atom stereocenters. The molecule has 27 heavy (non-hydrogen) atoms. The van der Waals surface area contributed by atoms with Gasteiger partial charge in [-0.1, -0.05) is 39.0 Å². The number of nitrogens with zero attached hydrogens (tertiary/aromatic N) is 3. The van der Waals surface area contributed by atoms with E-state index in [1.807, 2.05) is 30.5 Å². The zero-order chi connectivity index (χ0) is 19.3. The van der Waals surface area contributed by atoms with Gasteiger partial charge in [-0.25, -0.2) is 4.98 Å². The molecule has 1 aliphatic heterocycles. The van der Waals surface area contributed by atoms with Crippen molar-refractivity contribution in [2.45, 2.75) is 33.7 Å². The van der Waals surface area contributed by atoms with E-state index in [0.29, 0.717) is 6.42 Å². The summed E-state index contributed by atoms with van der Waals surface area (Å²) in [7, 11) is 0. The van der Waals surface area contributed by atoms with E-state index in [0.717, 1.165) is 44.2 Å². The van der Waals surface area contributed by atoms with Crippen molar-refractivity contribution in [3.05, 3.63) is 54.2 Å².